The summed E-state index contributed by atoms with van der Waals surface area (Å²) in [7, 11) is -4.34. The number of aromatic nitrogens is 2. The van der Waals surface area contributed by atoms with Crippen LogP contribution in [-0.2, 0) is 10.0 Å². The van der Waals surface area contributed by atoms with Gasteiger partial charge in [-0.15, -0.1) is 0 Å². The first-order valence-corrected chi connectivity index (χ1v) is 10.9. The summed E-state index contributed by atoms with van der Waals surface area (Å²) < 4.78 is 84.1. The Labute approximate surface area is 189 Å². The number of nitrogens with two attached hydrogens (primary N) is 1. The van der Waals surface area contributed by atoms with Crippen LogP contribution < -0.4 is 15.4 Å². The summed E-state index contributed by atoms with van der Waals surface area (Å²) in [4.78, 5) is 12.5. The molecule has 2 N–H and O–H groups in total. The molecule has 0 saturated heterocycles. The van der Waals surface area contributed by atoms with Crippen molar-refractivity contribution in [2.75, 3.05) is 0 Å². The van der Waals surface area contributed by atoms with E-state index in [1.54, 1.807) is 0 Å². The van der Waals surface area contributed by atoms with Gasteiger partial charge in [-0.05, 0) is 54.1 Å². The number of hydrogen-bond donors (Lipinski definition) is 1. The summed E-state index contributed by atoms with van der Waals surface area (Å²) in [5, 5.41) is 8.90. The molecule has 0 bridgehead atoms. The van der Waals surface area contributed by atoms with Crippen molar-refractivity contribution in [3.63, 3.8) is 0 Å². The molecule has 1 heterocycles. The smallest absolute Gasteiger partial charge is 0.315 e. The van der Waals surface area contributed by atoms with E-state index >= 15 is 0 Å². The van der Waals surface area contributed by atoms with Crippen LogP contribution in [0, 0.1) is 23.3 Å². The Kier molecular flexibility index (Phi) is 5.94. The molecule has 0 atom stereocenters. The summed E-state index contributed by atoms with van der Waals surface area (Å²) in [5.41, 5.74) is -1.13. The zero-order valence-electron chi connectivity index (χ0n) is 16.9. The predicted molar refractivity (Wildman–Crippen MR) is 113 cm³/mol. The van der Waals surface area contributed by atoms with Crippen LogP contribution in [0.3, 0.4) is 0 Å². The number of sulfonamides is 1. The summed E-state index contributed by atoms with van der Waals surface area (Å²) in [6, 6.07) is 10.2. The van der Waals surface area contributed by atoms with Gasteiger partial charge in [-0.1, -0.05) is 6.07 Å². The van der Waals surface area contributed by atoms with Crippen molar-refractivity contribution in [1.82, 2.24) is 9.78 Å². The third-order valence-electron chi connectivity index (χ3n) is 4.66. The molecule has 34 heavy (non-hydrogen) atoms. The highest BCUT2D eigenvalue weighted by molar-refractivity contribution is 7.89. The Morgan fingerprint density at radius 1 is 0.853 bits per heavy atom. The van der Waals surface area contributed by atoms with Crippen LogP contribution in [0.5, 0.6) is 11.5 Å². The lowest BCUT2D eigenvalue weighted by atomic mass is 10.1. The van der Waals surface area contributed by atoms with E-state index in [4.69, 9.17) is 9.88 Å². The first-order valence-electron chi connectivity index (χ1n) is 9.38. The second-order valence-electron chi connectivity index (χ2n) is 6.95. The van der Waals surface area contributed by atoms with Crippen LogP contribution in [-0.4, -0.2) is 18.2 Å². The Hall–Kier alpha value is -4.03. The molecule has 1 aromatic heterocycles. The van der Waals surface area contributed by atoms with E-state index in [-0.39, 0.29) is 22.6 Å². The first kappa shape index (κ1) is 23.1. The topological polar surface area (TPSA) is 104 Å². The molecule has 4 rings (SSSR count). The fourth-order valence-corrected chi connectivity index (χ4v) is 3.65. The lowest BCUT2D eigenvalue weighted by Crippen LogP contribution is -2.23. The molecule has 0 amide bonds. The fourth-order valence-electron chi connectivity index (χ4n) is 3.06. The van der Waals surface area contributed by atoms with E-state index in [0.29, 0.717) is 0 Å². The number of ether oxygens (including phenoxy) is 1. The molecular formula is C22H13F4N3O4S. The molecule has 3 aromatic carbocycles. The summed E-state index contributed by atoms with van der Waals surface area (Å²) in [5.74, 6) is -4.50. The second-order valence-corrected chi connectivity index (χ2v) is 8.48. The van der Waals surface area contributed by atoms with Crippen molar-refractivity contribution in [3.8, 4) is 28.3 Å². The normalized spacial score (nSPS) is 11.4. The largest absolute Gasteiger partial charge is 0.451 e. The Morgan fingerprint density at radius 3 is 2.18 bits per heavy atom. The van der Waals surface area contributed by atoms with Gasteiger partial charge in [0, 0.05) is 6.07 Å². The number of hydrogen-bond acceptors (Lipinski definition) is 5. The number of rotatable bonds is 5. The first-order chi connectivity index (χ1) is 16.0. The van der Waals surface area contributed by atoms with Crippen LogP contribution in [0.15, 0.2) is 76.6 Å². The van der Waals surface area contributed by atoms with Gasteiger partial charge in [-0.25, -0.2) is 31.1 Å². The minimum Gasteiger partial charge on any atom is -0.451 e. The van der Waals surface area contributed by atoms with Crippen LogP contribution in [0.4, 0.5) is 17.6 Å². The third-order valence-corrected chi connectivity index (χ3v) is 5.61. The lowest BCUT2D eigenvalue weighted by Gasteiger charge is -2.14. The average molecular weight is 491 g/mol. The average Bonchev–Trinajstić information content (AvgIpc) is 2.77. The quantitative estimate of drug-likeness (QED) is 0.427. The zero-order valence-corrected chi connectivity index (χ0v) is 17.7. The van der Waals surface area contributed by atoms with Crippen molar-refractivity contribution in [2.45, 2.75) is 4.90 Å². The van der Waals surface area contributed by atoms with Crippen molar-refractivity contribution in [2.24, 2.45) is 5.14 Å². The molecule has 0 aliphatic heterocycles. The molecule has 0 aliphatic carbocycles. The Morgan fingerprint density at radius 2 is 1.56 bits per heavy atom. The lowest BCUT2D eigenvalue weighted by molar-refractivity contribution is 0.467. The molecule has 0 radical (unpaired) electrons. The molecule has 7 nitrogen and oxygen atoms in total. The molecule has 4 aromatic rings. The van der Waals surface area contributed by atoms with Gasteiger partial charge in [0.15, 0.2) is 11.6 Å². The SMILES string of the molecule is NS(=O)(=O)c1ccc(-c2cnn(-c3ccc(F)c(F)c3)c(=O)c2Oc2ccc(F)cc2)cc1F. The van der Waals surface area contributed by atoms with Gasteiger partial charge in [-0.3, -0.25) is 4.79 Å². The fraction of sp³-hybridized carbons (Fsp3) is 0. The molecule has 0 saturated carbocycles. The summed E-state index contributed by atoms with van der Waals surface area (Å²) >= 11 is 0. The predicted octanol–water partition coefficient (Wildman–Crippen LogP) is 3.90. The van der Waals surface area contributed by atoms with Crippen molar-refractivity contribution in [3.05, 3.63) is 100 Å². The van der Waals surface area contributed by atoms with Gasteiger partial charge in [0.25, 0.3) is 0 Å². The third kappa shape index (κ3) is 4.54. The maximum absolute atomic E-state index is 14.4. The van der Waals surface area contributed by atoms with Crippen LogP contribution >= 0.6 is 0 Å². The summed E-state index contributed by atoms with van der Waals surface area (Å²) in [6.45, 7) is 0. The van der Waals surface area contributed by atoms with Crippen LogP contribution in [0.25, 0.3) is 16.8 Å². The number of primary sulfonamides is 1. The highest BCUT2D eigenvalue weighted by Gasteiger charge is 2.21. The van der Waals surface area contributed by atoms with E-state index in [9.17, 15) is 30.8 Å². The van der Waals surface area contributed by atoms with E-state index in [1.165, 1.54) is 18.2 Å². The van der Waals surface area contributed by atoms with Crippen LogP contribution in [0.1, 0.15) is 0 Å². The molecular weight excluding hydrogens is 478 g/mol. The van der Waals surface area contributed by atoms with Crippen LogP contribution in [0.2, 0.25) is 0 Å². The standard InChI is InChI=1S/C22H13F4N3O4S/c23-13-2-5-15(6-3-13)33-21-16(12-1-8-20(19(26)9-12)34(27,31)32)11-28-29(22(21)30)14-4-7-17(24)18(25)10-14/h1-11H,(H2,27,31,32). The highest BCUT2D eigenvalue weighted by Crippen LogP contribution is 2.32. The molecule has 0 aliphatic rings. The Balaban J connectivity index is 1.91. The van der Waals surface area contributed by atoms with Gasteiger partial charge in [0.2, 0.25) is 15.8 Å². The monoisotopic (exact) mass is 491 g/mol. The van der Waals surface area contributed by atoms with Gasteiger partial charge >= 0.3 is 5.56 Å². The molecule has 0 fully saturated rings. The van der Waals surface area contributed by atoms with E-state index in [0.717, 1.165) is 53.3 Å². The van der Waals surface area contributed by atoms with Gasteiger partial charge in [0.05, 0.1) is 17.4 Å². The molecule has 12 heteroatoms. The molecule has 174 valence electrons. The van der Waals surface area contributed by atoms with Crippen molar-refractivity contribution in [1.29, 1.82) is 0 Å². The highest BCUT2D eigenvalue weighted by atomic mass is 32.2. The number of benzene rings is 3. The molecule has 0 spiro atoms. The van der Waals surface area contributed by atoms with E-state index in [2.05, 4.69) is 5.10 Å². The zero-order chi connectivity index (χ0) is 24.6. The van der Waals surface area contributed by atoms with Gasteiger partial charge < -0.3 is 4.74 Å². The van der Waals surface area contributed by atoms with Crippen molar-refractivity contribution < 1.29 is 30.7 Å². The van der Waals surface area contributed by atoms with Gasteiger partial charge in [0.1, 0.15) is 22.3 Å². The van der Waals surface area contributed by atoms with E-state index in [1.807, 2.05) is 0 Å². The number of halogens is 4. The minimum atomic E-state index is -4.34. The Bertz CT molecular complexity index is 1570. The molecule has 0 unspecified atom stereocenters. The maximum atomic E-state index is 14.4. The number of nitrogens with zero attached hydrogens (tertiary/aromatic N) is 2. The minimum absolute atomic E-state index is 0.00375. The van der Waals surface area contributed by atoms with E-state index < -0.39 is 49.5 Å². The summed E-state index contributed by atoms with van der Waals surface area (Å²) in [6.07, 6.45) is 1.09. The van der Waals surface area contributed by atoms with Gasteiger partial charge in [-0.2, -0.15) is 9.78 Å². The maximum Gasteiger partial charge on any atom is 0.315 e. The van der Waals surface area contributed by atoms with Crippen molar-refractivity contribution >= 4 is 10.0 Å². The second kappa shape index (κ2) is 8.72.